The van der Waals surface area contributed by atoms with Gasteiger partial charge in [0.15, 0.2) is 0 Å². The van der Waals surface area contributed by atoms with Crippen LogP contribution in [-0.2, 0) is 19.1 Å². The molecule has 0 bridgehead atoms. The van der Waals surface area contributed by atoms with Gasteiger partial charge in [-0.2, -0.15) is 0 Å². The maximum Gasteiger partial charge on any atom is 0.309 e. The molecule has 1 rings (SSSR count). The summed E-state index contributed by atoms with van der Waals surface area (Å²) >= 11 is 0. The van der Waals surface area contributed by atoms with E-state index >= 15 is 0 Å². The number of rotatable bonds is 2. The van der Waals surface area contributed by atoms with Gasteiger partial charge in [-0.15, -0.1) is 0 Å². The van der Waals surface area contributed by atoms with Crippen LogP contribution in [0.2, 0.25) is 0 Å². The molecule has 7 heteroatoms. The largest absolute Gasteiger partial charge is 0.459 e. The topological polar surface area (TPSA) is 113 Å². The molecule has 1 heterocycles. The second-order valence-corrected chi connectivity index (χ2v) is 9.82. The molecule has 1 aliphatic heterocycles. The van der Waals surface area contributed by atoms with Crippen LogP contribution in [0.5, 0.6) is 0 Å². The van der Waals surface area contributed by atoms with Gasteiger partial charge in [0.05, 0.1) is 23.7 Å². The molecule has 1 saturated heterocycles. The summed E-state index contributed by atoms with van der Waals surface area (Å²) in [5.41, 5.74) is -3.13. The standard InChI is InChI=1S/C23H42O7/c1-10-17-23(8,28)19(25)16(6)18(24)12(2)11-22(7,27)20(29-9)14(4)13(3)15(5)21(26)30-17/h12-17,19-20,25,27-28H,10-11H2,1-9H3/t12-,13+,14+,15-,16+,17-,19-,20-,22-,23-/m1/s1. The maximum atomic E-state index is 13.0. The highest BCUT2D eigenvalue weighted by atomic mass is 16.6. The molecular weight excluding hydrogens is 388 g/mol. The Morgan fingerprint density at radius 1 is 1.03 bits per heavy atom. The number of hydrogen-bond acceptors (Lipinski definition) is 7. The van der Waals surface area contributed by atoms with Gasteiger partial charge in [-0.05, 0) is 38.5 Å². The van der Waals surface area contributed by atoms with Gasteiger partial charge in [0.2, 0.25) is 0 Å². The number of carbonyl (C=O) groups excluding carboxylic acids is 2. The van der Waals surface area contributed by atoms with Crippen molar-refractivity contribution in [3.8, 4) is 0 Å². The highest BCUT2D eigenvalue weighted by Gasteiger charge is 2.48. The lowest BCUT2D eigenvalue weighted by molar-refractivity contribution is -0.193. The highest BCUT2D eigenvalue weighted by molar-refractivity contribution is 5.83. The van der Waals surface area contributed by atoms with Crippen molar-refractivity contribution >= 4 is 11.8 Å². The van der Waals surface area contributed by atoms with Gasteiger partial charge in [-0.3, -0.25) is 9.59 Å². The van der Waals surface area contributed by atoms with E-state index in [2.05, 4.69) is 0 Å². The molecule has 0 spiro atoms. The second-order valence-electron chi connectivity index (χ2n) is 9.82. The number of ether oxygens (including phenoxy) is 2. The summed E-state index contributed by atoms with van der Waals surface area (Å²) in [7, 11) is 1.51. The molecule has 0 amide bonds. The van der Waals surface area contributed by atoms with Crippen LogP contribution < -0.4 is 0 Å². The monoisotopic (exact) mass is 430 g/mol. The molecule has 0 aliphatic carbocycles. The molecule has 7 nitrogen and oxygen atoms in total. The van der Waals surface area contributed by atoms with Crippen LogP contribution >= 0.6 is 0 Å². The van der Waals surface area contributed by atoms with Crippen molar-refractivity contribution in [3.63, 3.8) is 0 Å². The fraction of sp³-hybridized carbons (Fsp3) is 0.913. The van der Waals surface area contributed by atoms with Gasteiger partial charge < -0.3 is 24.8 Å². The zero-order valence-electron chi connectivity index (χ0n) is 20.0. The van der Waals surface area contributed by atoms with Crippen molar-refractivity contribution in [1.29, 1.82) is 0 Å². The molecule has 1 fully saturated rings. The first-order chi connectivity index (χ1) is 13.6. The average molecular weight is 431 g/mol. The van der Waals surface area contributed by atoms with E-state index in [9.17, 15) is 24.9 Å². The second kappa shape index (κ2) is 10.1. The number of Topliss-reactive ketones (excluding diaryl/α,β-unsaturated/α-hetero) is 1. The van der Waals surface area contributed by atoms with Gasteiger partial charge in [-0.1, -0.05) is 41.5 Å². The maximum absolute atomic E-state index is 13.0. The third kappa shape index (κ3) is 5.42. The van der Waals surface area contributed by atoms with E-state index in [4.69, 9.17) is 9.47 Å². The van der Waals surface area contributed by atoms with E-state index in [1.165, 1.54) is 14.0 Å². The summed E-state index contributed by atoms with van der Waals surface area (Å²) in [5, 5.41) is 33.1. The fourth-order valence-electron chi connectivity index (χ4n) is 4.98. The third-order valence-electron chi connectivity index (χ3n) is 7.34. The average Bonchev–Trinajstić information content (AvgIpc) is 2.67. The first-order valence-electron chi connectivity index (χ1n) is 11.0. The number of hydrogen-bond donors (Lipinski definition) is 3. The Balaban J connectivity index is 3.47. The van der Waals surface area contributed by atoms with Crippen molar-refractivity contribution < 1.29 is 34.4 Å². The smallest absolute Gasteiger partial charge is 0.309 e. The fourth-order valence-corrected chi connectivity index (χ4v) is 4.98. The summed E-state index contributed by atoms with van der Waals surface area (Å²) in [6.07, 6.45) is -2.57. The molecule has 0 aromatic heterocycles. The number of cyclic esters (lactones) is 1. The molecule has 0 radical (unpaired) electrons. The summed E-state index contributed by atoms with van der Waals surface area (Å²) in [6.45, 7) is 13.6. The highest BCUT2D eigenvalue weighted by Crippen LogP contribution is 2.37. The molecule has 0 aromatic carbocycles. The summed E-state index contributed by atoms with van der Waals surface area (Å²) in [5.74, 6) is -3.16. The Bertz CT molecular complexity index is 600. The normalized spacial score (nSPS) is 47.5. The Morgan fingerprint density at radius 3 is 2.03 bits per heavy atom. The minimum atomic E-state index is -1.80. The first-order valence-corrected chi connectivity index (χ1v) is 11.0. The predicted molar refractivity (Wildman–Crippen MR) is 114 cm³/mol. The quantitative estimate of drug-likeness (QED) is 0.576. The molecule has 10 atom stereocenters. The molecule has 0 unspecified atom stereocenters. The molecule has 176 valence electrons. The van der Waals surface area contributed by atoms with Crippen LogP contribution in [0, 0.1) is 29.6 Å². The Morgan fingerprint density at radius 2 is 1.57 bits per heavy atom. The van der Waals surface area contributed by atoms with Gasteiger partial charge in [-0.25, -0.2) is 0 Å². The number of methoxy groups -OCH3 is 1. The van der Waals surface area contributed by atoms with Crippen molar-refractivity contribution in [1.82, 2.24) is 0 Å². The lowest BCUT2D eigenvalue weighted by atomic mass is 9.72. The SMILES string of the molecule is CC[C@H]1OC(=O)[C@H](C)[C@@H](C)[C@H](C)[C@@H](OC)[C@](C)(O)C[C@@H](C)C(=O)[C@H](C)[C@@H](O)[C@]1(C)O. The van der Waals surface area contributed by atoms with E-state index in [1.807, 2.05) is 13.8 Å². The molecular formula is C23H42O7. The molecule has 0 saturated carbocycles. The number of aliphatic hydroxyl groups excluding tert-OH is 1. The molecule has 30 heavy (non-hydrogen) atoms. The zero-order valence-corrected chi connectivity index (χ0v) is 20.0. The number of aliphatic hydroxyl groups is 3. The minimum absolute atomic E-state index is 0.136. The Kier molecular flexibility index (Phi) is 9.07. The predicted octanol–water partition coefficient (Wildman–Crippen LogP) is 2.34. The number of esters is 1. The summed E-state index contributed by atoms with van der Waals surface area (Å²) in [4.78, 5) is 25.9. The summed E-state index contributed by atoms with van der Waals surface area (Å²) in [6, 6.07) is 0. The van der Waals surface area contributed by atoms with Gasteiger partial charge in [0, 0.05) is 18.9 Å². The van der Waals surface area contributed by atoms with Crippen molar-refractivity contribution in [2.24, 2.45) is 29.6 Å². The third-order valence-corrected chi connectivity index (χ3v) is 7.34. The van der Waals surface area contributed by atoms with E-state index in [-0.39, 0.29) is 24.0 Å². The van der Waals surface area contributed by atoms with E-state index in [0.717, 1.165) is 0 Å². The van der Waals surface area contributed by atoms with Crippen LogP contribution in [0.3, 0.4) is 0 Å². The van der Waals surface area contributed by atoms with Crippen LogP contribution in [0.1, 0.15) is 68.2 Å². The van der Waals surface area contributed by atoms with E-state index in [1.54, 1.807) is 34.6 Å². The first kappa shape index (κ1) is 27.0. The lowest BCUT2D eigenvalue weighted by Crippen LogP contribution is -2.56. The zero-order chi connectivity index (χ0) is 23.6. The summed E-state index contributed by atoms with van der Waals surface area (Å²) < 4.78 is 11.3. The van der Waals surface area contributed by atoms with E-state index < -0.39 is 53.2 Å². The van der Waals surface area contributed by atoms with Gasteiger partial charge in [0.25, 0.3) is 0 Å². The molecule has 0 aromatic rings. The van der Waals surface area contributed by atoms with E-state index in [0.29, 0.717) is 6.42 Å². The number of ketones is 1. The molecule has 1 aliphatic rings. The van der Waals surface area contributed by atoms with Crippen LogP contribution in [0.15, 0.2) is 0 Å². The van der Waals surface area contributed by atoms with Crippen LogP contribution in [0.4, 0.5) is 0 Å². The van der Waals surface area contributed by atoms with Gasteiger partial charge >= 0.3 is 5.97 Å². The van der Waals surface area contributed by atoms with Crippen molar-refractivity contribution in [2.45, 2.75) is 97.7 Å². The Labute approximate surface area is 181 Å². The minimum Gasteiger partial charge on any atom is -0.459 e. The Hall–Kier alpha value is -1.02. The van der Waals surface area contributed by atoms with Crippen molar-refractivity contribution in [3.05, 3.63) is 0 Å². The van der Waals surface area contributed by atoms with Crippen molar-refractivity contribution in [2.75, 3.05) is 7.11 Å². The van der Waals surface area contributed by atoms with Gasteiger partial charge in [0.1, 0.15) is 17.5 Å². The lowest BCUT2D eigenvalue weighted by Gasteiger charge is -2.43. The van der Waals surface area contributed by atoms with Crippen LogP contribution in [-0.4, -0.2) is 63.7 Å². The van der Waals surface area contributed by atoms with Crippen LogP contribution in [0.25, 0.3) is 0 Å². The number of carbonyl (C=O) groups is 2. The molecule has 3 N–H and O–H groups in total.